The van der Waals surface area contributed by atoms with Gasteiger partial charge >= 0.3 is 0 Å². The molecule has 2 aromatic carbocycles. The van der Waals surface area contributed by atoms with Crippen LogP contribution in [0.25, 0.3) is 21.6 Å². The molecule has 5 N–H and O–H groups in total. The van der Waals surface area contributed by atoms with Crippen LogP contribution in [0.4, 0.5) is 8.78 Å². The molecule has 0 radical (unpaired) electrons. The van der Waals surface area contributed by atoms with Gasteiger partial charge in [-0.2, -0.15) is 8.78 Å². The number of thiophene rings is 1. The summed E-state index contributed by atoms with van der Waals surface area (Å²) in [7, 11) is 0. The van der Waals surface area contributed by atoms with Crippen molar-refractivity contribution < 1.29 is 23.2 Å². The summed E-state index contributed by atoms with van der Waals surface area (Å²) >= 11 is 1.35. The standard InChI is InChI=1S/C30H28F2N8O3S/c1-15(23-9-17(13-44-23)26(33)34)38-28(43)22-10-29(14-37-39-35)11-24(29)40(22)25(41)12-36-27(42)16-6-7-21-19(8-16)18-4-2-3-5-20(18)30(21,31)32/h2-9,13,15,22,24H,10-12,14H2,1H3,(H3,33,34)(H,36,42)(H,38,43)/t15-,22+,24+,29-/m1/s1. The van der Waals surface area contributed by atoms with Gasteiger partial charge in [0.2, 0.25) is 11.8 Å². The molecule has 2 fully saturated rings. The van der Waals surface area contributed by atoms with Crippen molar-refractivity contribution in [3.05, 3.63) is 91.5 Å². The average Bonchev–Trinajstić information content (AvgIpc) is 3.29. The van der Waals surface area contributed by atoms with Crippen LogP contribution in [0.5, 0.6) is 0 Å². The van der Waals surface area contributed by atoms with E-state index in [1.807, 2.05) is 0 Å². The number of azide groups is 1. The molecule has 6 rings (SSSR count). The predicted octanol–water partition coefficient (Wildman–Crippen LogP) is 4.43. The van der Waals surface area contributed by atoms with Gasteiger partial charge in [-0.05, 0) is 54.6 Å². The Morgan fingerprint density at radius 1 is 1.16 bits per heavy atom. The first-order valence-corrected chi connectivity index (χ1v) is 14.8. The Balaban J connectivity index is 1.16. The van der Waals surface area contributed by atoms with Crippen LogP contribution in [0, 0.1) is 10.8 Å². The van der Waals surface area contributed by atoms with Crippen LogP contribution < -0.4 is 16.4 Å². The lowest BCUT2D eigenvalue weighted by molar-refractivity contribution is -0.139. The number of likely N-dealkylation sites (tertiary alicyclic amines) is 1. The maximum absolute atomic E-state index is 14.9. The number of halogens is 2. The summed E-state index contributed by atoms with van der Waals surface area (Å²) in [5, 5.41) is 18.6. The van der Waals surface area contributed by atoms with Crippen LogP contribution in [0.3, 0.4) is 0 Å². The molecule has 3 aliphatic rings. The third-order valence-corrected chi connectivity index (χ3v) is 9.86. The number of amides is 3. The quantitative estimate of drug-likeness (QED) is 0.0912. The lowest BCUT2D eigenvalue weighted by atomic mass is 9.99. The summed E-state index contributed by atoms with van der Waals surface area (Å²) in [6, 6.07) is 10.2. The van der Waals surface area contributed by atoms with E-state index in [1.54, 1.807) is 30.5 Å². The third-order valence-electron chi connectivity index (χ3n) is 8.75. The molecule has 11 nitrogen and oxygen atoms in total. The predicted molar refractivity (Wildman–Crippen MR) is 159 cm³/mol. The minimum Gasteiger partial charge on any atom is -0.384 e. The molecule has 0 bridgehead atoms. The van der Waals surface area contributed by atoms with Gasteiger partial charge in [0.15, 0.2) is 0 Å². The van der Waals surface area contributed by atoms with E-state index in [4.69, 9.17) is 16.7 Å². The number of amidine groups is 1. The van der Waals surface area contributed by atoms with E-state index in [1.165, 1.54) is 46.6 Å². The van der Waals surface area contributed by atoms with E-state index in [9.17, 15) is 23.2 Å². The maximum atomic E-state index is 14.9. The molecule has 1 aromatic heterocycles. The number of hydrogen-bond acceptors (Lipinski definition) is 6. The number of benzene rings is 2. The topological polar surface area (TPSA) is 177 Å². The maximum Gasteiger partial charge on any atom is 0.299 e. The zero-order valence-corrected chi connectivity index (χ0v) is 24.3. The van der Waals surface area contributed by atoms with Crippen LogP contribution in [0.1, 0.15) is 57.7 Å². The van der Waals surface area contributed by atoms with E-state index in [2.05, 4.69) is 20.7 Å². The Morgan fingerprint density at radius 2 is 1.91 bits per heavy atom. The van der Waals surface area contributed by atoms with Crippen molar-refractivity contribution in [3.8, 4) is 11.1 Å². The summed E-state index contributed by atoms with van der Waals surface area (Å²) in [5.74, 6) is -4.74. The monoisotopic (exact) mass is 618 g/mol. The van der Waals surface area contributed by atoms with Gasteiger partial charge in [-0.3, -0.25) is 19.8 Å². The Labute approximate surface area is 254 Å². The number of nitrogens with one attached hydrogen (secondary N) is 3. The van der Waals surface area contributed by atoms with Crippen LogP contribution in [-0.4, -0.2) is 53.6 Å². The number of nitrogens with two attached hydrogens (primary N) is 1. The molecular weight excluding hydrogens is 590 g/mol. The summed E-state index contributed by atoms with van der Waals surface area (Å²) < 4.78 is 29.9. The second-order valence-corrected chi connectivity index (χ2v) is 12.4. The average molecular weight is 619 g/mol. The van der Waals surface area contributed by atoms with Crippen LogP contribution in [0.15, 0.2) is 59.0 Å². The molecule has 0 spiro atoms. The molecule has 44 heavy (non-hydrogen) atoms. The Bertz CT molecular complexity index is 1770. The minimum absolute atomic E-state index is 0.0802. The fourth-order valence-corrected chi connectivity index (χ4v) is 7.30. The van der Waals surface area contributed by atoms with Gasteiger partial charge in [-0.25, -0.2) is 0 Å². The Hall–Kier alpha value is -4.81. The van der Waals surface area contributed by atoms with Gasteiger partial charge in [0.05, 0.1) is 12.6 Å². The molecule has 4 atom stereocenters. The SMILES string of the molecule is C[C@@H](NC(=O)[C@@H]1C[C@]2(CN=[N+]=[N-])C[C@@H]2N1C(=O)CNC(=O)c1ccc2c(c1)-c1ccccc1C2(F)F)c1cc(C(=N)N)cs1. The minimum atomic E-state index is -3.18. The van der Waals surface area contributed by atoms with Gasteiger partial charge < -0.3 is 21.3 Å². The van der Waals surface area contributed by atoms with Crippen molar-refractivity contribution >= 4 is 34.9 Å². The smallest absolute Gasteiger partial charge is 0.299 e. The van der Waals surface area contributed by atoms with Gasteiger partial charge in [-0.1, -0.05) is 35.4 Å². The zero-order chi connectivity index (χ0) is 31.4. The second kappa shape index (κ2) is 10.7. The molecule has 14 heteroatoms. The van der Waals surface area contributed by atoms with Crippen molar-refractivity contribution in [2.45, 2.75) is 43.8 Å². The number of carbonyl (C=O) groups is 3. The first-order valence-electron chi connectivity index (χ1n) is 13.9. The zero-order valence-electron chi connectivity index (χ0n) is 23.5. The number of alkyl halides is 2. The van der Waals surface area contributed by atoms with Crippen LogP contribution in [-0.2, 0) is 15.5 Å². The molecular formula is C30H28F2N8O3S. The van der Waals surface area contributed by atoms with Gasteiger partial charge in [0, 0.05) is 55.4 Å². The highest BCUT2D eigenvalue weighted by molar-refractivity contribution is 7.10. The molecule has 1 saturated carbocycles. The number of nitrogen functional groups attached to an aromatic ring is 1. The molecule has 3 aromatic rings. The second-order valence-electron chi connectivity index (χ2n) is 11.4. The van der Waals surface area contributed by atoms with E-state index in [-0.39, 0.29) is 46.6 Å². The van der Waals surface area contributed by atoms with Crippen molar-refractivity contribution in [2.75, 3.05) is 13.1 Å². The molecule has 0 unspecified atom stereocenters. The van der Waals surface area contributed by atoms with E-state index >= 15 is 0 Å². The largest absolute Gasteiger partial charge is 0.384 e. The number of carbonyl (C=O) groups excluding carboxylic acids is 3. The lowest BCUT2D eigenvalue weighted by Gasteiger charge is -2.28. The highest BCUT2D eigenvalue weighted by atomic mass is 32.1. The molecule has 1 saturated heterocycles. The Morgan fingerprint density at radius 3 is 2.64 bits per heavy atom. The summed E-state index contributed by atoms with van der Waals surface area (Å²) in [5.41, 5.74) is 14.9. The van der Waals surface area contributed by atoms with E-state index in [0.717, 1.165) is 4.88 Å². The summed E-state index contributed by atoms with van der Waals surface area (Å²) in [6.07, 6.45) is 0.868. The van der Waals surface area contributed by atoms with Crippen molar-refractivity contribution in [2.24, 2.45) is 16.3 Å². The van der Waals surface area contributed by atoms with E-state index < -0.39 is 41.8 Å². The molecule has 3 amide bonds. The van der Waals surface area contributed by atoms with Crippen molar-refractivity contribution in [1.82, 2.24) is 15.5 Å². The van der Waals surface area contributed by atoms with Gasteiger partial charge in [-0.15, -0.1) is 11.3 Å². The summed E-state index contributed by atoms with van der Waals surface area (Å²) in [4.78, 5) is 45.2. The number of nitrogens with zero attached hydrogens (tertiary/aromatic N) is 4. The fourth-order valence-electron chi connectivity index (χ4n) is 6.38. The molecule has 2 aliphatic carbocycles. The third kappa shape index (κ3) is 4.85. The first kappa shape index (κ1) is 29.3. The fraction of sp³-hybridized carbons (Fsp3) is 0.333. The molecule has 226 valence electrons. The summed E-state index contributed by atoms with van der Waals surface area (Å²) in [6.45, 7) is 1.51. The van der Waals surface area contributed by atoms with Gasteiger partial charge in [0.1, 0.15) is 11.9 Å². The number of hydrogen-bond donors (Lipinski definition) is 4. The lowest BCUT2D eigenvalue weighted by Crippen LogP contribution is -2.51. The van der Waals surface area contributed by atoms with Gasteiger partial charge in [0.25, 0.3) is 11.8 Å². The number of rotatable bonds is 9. The van der Waals surface area contributed by atoms with Crippen LogP contribution >= 0.6 is 11.3 Å². The van der Waals surface area contributed by atoms with Crippen molar-refractivity contribution in [3.63, 3.8) is 0 Å². The molecule has 2 heterocycles. The van der Waals surface area contributed by atoms with Crippen molar-refractivity contribution in [1.29, 1.82) is 5.41 Å². The number of piperidine rings is 1. The highest BCUT2D eigenvalue weighted by Crippen LogP contribution is 2.60. The highest BCUT2D eigenvalue weighted by Gasteiger charge is 2.66. The number of fused-ring (bicyclic) bond motifs is 4. The first-order chi connectivity index (χ1) is 21.0. The molecule has 1 aliphatic heterocycles. The van der Waals surface area contributed by atoms with Crippen LogP contribution in [0.2, 0.25) is 0 Å². The Kier molecular flexibility index (Phi) is 7.13. The normalized spacial score (nSPS) is 22.6. The van der Waals surface area contributed by atoms with E-state index in [0.29, 0.717) is 24.0 Å².